The van der Waals surface area contributed by atoms with Crippen LogP contribution in [0.5, 0.6) is 0 Å². The molecule has 0 fully saturated rings. The minimum atomic E-state index is -1.57. The van der Waals surface area contributed by atoms with Crippen LogP contribution in [-0.2, 0) is 11.2 Å². The number of carbonyl (C=O) groups excluding carboxylic acids is 1. The number of nitriles is 1. The van der Waals surface area contributed by atoms with Gasteiger partial charge in [0, 0.05) is 12.1 Å². The van der Waals surface area contributed by atoms with Crippen molar-refractivity contribution in [2.24, 2.45) is 0 Å². The number of rotatable bonds is 5. The number of carboxylic acids is 1. The summed E-state index contributed by atoms with van der Waals surface area (Å²) in [4.78, 5) is 27.7. The molecule has 0 aliphatic rings. The van der Waals surface area contributed by atoms with Crippen molar-refractivity contribution in [1.29, 1.82) is 5.26 Å². The lowest BCUT2D eigenvalue weighted by atomic mass is 9.92. The van der Waals surface area contributed by atoms with Gasteiger partial charge in [0.2, 0.25) is 0 Å². The number of aliphatic carboxylic acids is 1. The van der Waals surface area contributed by atoms with Gasteiger partial charge in [-0.1, -0.05) is 35.3 Å². The Kier molecular flexibility index (Phi) is 6.03. The number of hydrogen-bond donors (Lipinski definition) is 3. The first kappa shape index (κ1) is 19.5. The smallest absolute Gasteiger partial charge is 0.329 e. The van der Waals surface area contributed by atoms with Crippen molar-refractivity contribution in [3.8, 4) is 6.07 Å². The van der Waals surface area contributed by atoms with Crippen LogP contribution in [0.4, 0.5) is 10.5 Å². The van der Waals surface area contributed by atoms with E-state index in [1.54, 1.807) is 24.3 Å². The van der Waals surface area contributed by atoms with E-state index in [9.17, 15) is 14.7 Å². The summed E-state index contributed by atoms with van der Waals surface area (Å²) in [5, 5.41) is 23.5. The lowest BCUT2D eigenvalue weighted by molar-refractivity contribution is -0.143. The Morgan fingerprint density at radius 2 is 1.81 bits per heavy atom. The van der Waals surface area contributed by atoms with E-state index in [1.165, 1.54) is 19.1 Å². The van der Waals surface area contributed by atoms with E-state index in [-0.39, 0.29) is 22.4 Å². The van der Waals surface area contributed by atoms with E-state index in [0.29, 0.717) is 11.1 Å². The lowest BCUT2D eigenvalue weighted by Gasteiger charge is -2.26. The van der Waals surface area contributed by atoms with Crippen LogP contribution in [0.1, 0.15) is 18.1 Å². The molecule has 3 N–H and O–H groups in total. The van der Waals surface area contributed by atoms with Crippen LogP contribution < -0.4 is 10.6 Å². The van der Waals surface area contributed by atoms with Gasteiger partial charge in [0.1, 0.15) is 15.8 Å². The van der Waals surface area contributed by atoms with Crippen molar-refractivity contribution in [2.45, 2.75) is 18.9 Å². The van der Waals surface area contributed by atoms with Crippen molar-refractivity contribution in [2.75, 3.05) is 5.32 Å². The van der Waals surface area contributed by atoms with Gasteiger partial charge in [-0.2, -0.15) is 5.26 Å². The summed E-state index contributed by atoms with van der Waals surface area (Å²) in [5.41, 5.74) is -0.176. The van der Waals surface area contributed by atoms with Gasteiger partial charge in [0.15, 0.2) is 0 Å². The summed E-state index contributed by atoms with van der Waals surface area (Å²) in [6, 6.07) is 10.5. The van der Waals surface area contributed by atoms with Gasteiger partial charge in [0.05, 0.1) is 11.6 Å². The zero-order valence-corrected chi connectivity index (χ0v) is 15.1. The van der Waals surface area contributed by atoms with Gasteiger partial charge in [-0.3, -0.25) is 0 Å². The maximum absolute atomic E-state index is 12.2. The fourth-order valence-electron chi connectivity index (χ4n) is 2.23. The molecule has 0 saturated carbocycles. The summed E-state index contributed by atoms with van der Waals surface area (Å²) < 4.78 is 0. The Labute approximate surface area is 159 Å². The van der Waals surface area contributed by atoms with Crippen LogP contribution in [0.2, 0.25) is 10.3 Å². The largest absolute Gasteiger partial charge is 0.480 e. The van der Waals surface area contributed by atoms with E-state index in [1.807, 2.05) is 6.07 Å². The number of carbonyl (C=O) groups is 2. The topological polar surface area (TPSA) is 115 Å². The molecule has 26 heavy (non-hydrogen) atoms. The highest BCUT2D eigenvalue weighted by Gasteiger charge is 2.35. The maximum Gasteiger partial charge on any atom is 0.329 e. The summed E-state index contributed by atoms with van der Waals surface area (Å²) in [6.45, 7) is 1.39. The molecule has 0 saturated heterocycles. The van der Waals surface area contributed by atoms with Crippen LogP contribution in [-0.4, -0.2) is 27.6 Å². The number of pyridine rings is 1. The first-order valence-corrected chi connectivity index (χ1v) is 8.12. The van der Waals surface area contributed by atoms with Gasteiger partial charge in [-0.15, -0.1) is 0 Å². The fraction of sp³-hybridized carbons (Fsp3) is 0.176. The Morgan fingerprint density at radius 3 is 2.31 bits per heavy atom. The van der Waals surface area contributed by atoms with Crippen LogP contribution in [0.15, 0.2) is 36.4 Å². The number of amides is 2. The quantitative estimate of drug-likeness (QED) is 0.673. The summed E-state index contributed by atoms with van der Waals surface area (Å²) in [6.07, 6.45) is 0.0271. The minimum Gasteiger partial charge on any atom is -0.480 e. The third kappa shape index (κ3) is 5.09. The SMILES string of the molecule is CC(Cc1ccc(C#N)cc1)(NC(=O)Nc1cc(Cl)nc(Cl)c1)C(=O)O. The van der Waals surface area contributed by atoms with E-state index in [4.69, 9.17) is 28.5 Å². The van der Waals surface area contributed by atoms with E-state index in [0.717, 1.165) is 0 Å². The number of urea groups is 1. The second kappa shape index (κ2) is 8.04. The lowest BCUT2D eigenvalue weighted by Crippen LogP contribution is -2.55. The predicted octanol–water partition coefficient (Wildman–Crippen LogP) is 3.47. The van der Waals surface area contributed by atoms with Crippen molar-refractivity contribution >= 4 is 40.9 Å². The molecule has 1 atom stereocenters. The molecule has 134 valence electrons. The van der Waals surface area contributed by atoms with Crippen LogP contribution in [0, 0.1) is 11.3 Å². The van der Waals surface area contributed by atoms with Crippen LogP contribution in [0.3, 0.4) is 0 Å². The second-order valence-electron chi connectivity index (χ2n) is 5.70. The highest BCUT2D eigenvalue weighted by molar-refractivity contribution is 6.33. The summed E-state index contributed by atoms with van der Waals surface area (Å²) >= 11 is 11.5. The average Bonchev–Trinajstić information content (AvgIpc) is 2.54. The van der Waals surface area contributed by atoms with Gasteiger partial charge in [0.25, 0.3) is 0 Å². The third-order valence-electron chi connectivity index (χ3n) is 3.52. The zero-order valence-electron chi connectivity index (χ0n) is 13.6. The Morgan fingerprint density at radius 1 is 1.23 bits per heavy atom. The van der Waals surface area contributed by atoms with Gasteiger partial charge < -0.3 is 15.7 Å². The number of nitrogens with zero attached hydrogens (tertiary/aromatic N) is 2. The molecule has 1 unspecified atom stereocenters. The Balaban J connectivity index is 2.13. The fourth-order valence-corrected chi connectivity index (χ4v) is 2.69. The Bertz CT molecular complexity index is 860. The van der Waals surface area contributed by atoms with E-state index < -0.39 is 17.5 Å². The highest BCUT2D eigenvalue weighted by Crippen LogP contribution is 2.19. The number of benzene rings is 1. The molecule has 2 aromatic rings. The normalized spacial score (nSPS) is 12.5. The second-order valence-corrected chi connectivity index (χ2v) is 6.48. The highest BCUT2D eigenvalue weighted by atomic mass is 35.5. The molecule has 2 amide bonds. The number of aromatic nitrogens is 1. The van der Waals surface area contributed by atoms with E-state index in [2.05, 4.69) is 15.6 Å². The summed E-state index contributed by atoms with van der Waals surface area (Å²) in [7, 11) is 0. The average molecular weight is 393 g/mol. The molecule has 2 rings (SSSR count). The first-order chi connectivity index (χ1) is 12.2. The van der Waals surface area contributed by atoms with E-state index >= 15 is 0 Å². The standard InChI is InChI=1S/C17H14Cl2N4O3/c1-17(15(24)25,8-10-2-4-11(9-20)5-3-10)23-16(26)21-12-6-13(18)22-14(19)7-12/h2-7H,8H2,1H3,(H,24,25)(H2,21,22,23,26). The number of anilines is 1. The molecular formula is C17H14Cl2N4O3. The van der Waals surface area contributed by atoms with Crippen LogP contribution in [0.25, 0.3) is 0 Å². The molecule has 0 bridgehead atoms. The molecule has 0 radical (unpaired) electrons. The first-order valence-electron chi connectivity index (χ1n) is 7.36. The minimum absolute atomic E-state index is 0.0271. The van der Waals surface area contributed by atoms with Crippen LogP contribution >= 0.6 is 23.2 Å². The third-order valence-corrected chi connectivity index (χ3v) is 3.91. The number of carboxylic acid groups (broad SMARTS) is 1. The molecular weight excluding hydrogens is 379 g/mol. The summed E-state index contributed by atoms with van der Waals surface area (Å²) in [5.74, 6) is -1.21. The van der Waals surface area contributed by atoms with Crippen molar-refractivity contribution in [1.82, 2.24) is 10.3 Å². The maximum atomic E-state index is 12.2. The predicted molar refractivity (Wildman–Crippen MR) is 97.3 cm³/mol. The molecule has 0 aliphatic carbocycles. The number of halogens is 2. The van der Waals surface area contributed by atoms with Gasteiger partial charge >= 0.3 is 12.0 Å². The monoisotopic (exact) mass is 392 g/mol. The van der Waals surface area contributed by atoms with Crippen molar-refractivity contribution in [3.05, 3.63) is 57.8 Å². The zero-order chi connectivity index (χ0) is 19.3. The van der Waals surface area contributed by atoms with Gasteiger partial charge in [-0.25, -0.2) is 14.6 Å². The van der Waals surface area contributed by atoms with Crippen molar-refractivity contribution in [3.63, 3.8) is 0 Å². The molecule has 0 aliphatic heterocycles. The molecule has 1 aromatic heterocycles. The number of nitrogens with one attached hydrogen (secondary N) is 2. The molecule has 9 heteroatoms. The molecule has 1 aromatic carbocycles. The van der Waals surface area contributed by atoms with Gasteiger partial charge in [-0.05, 0) is 36.8 Å². The molecule has 1 heterocycles. The molecule has 7 nitrogen and oxygen atoms in total. The molecule has 0 spiro atoms. The number of hydrogen-bond acceptors (Lipinski definition) is 4. The van der Waals surface area contributed by atoms with Crippen molar-refractivity contribution < 1.29 is 14.7 Å². The Hall–Kier alpha value is -2.82.